The van der Waals surface area contributed by atoms with Gasteiger partial charge in [-0.05, 0) is 28.1 Å². The number of guanidine groups is 1. The van der Waals surface area contributed by atoms with Crippen molar-refractivity contribution in [2.75, 3.05) is 5.32 Å². The Morgan fingerprint density at radius 3 is 2.69 bits per heavy atom. The molecule has 1 aliphatic heterocycles. The summed E-state index contributed by atoms with van der Waals surface area (Å²) in [6.45, 7) is 0. The summed E-state index contributed by atoms with van der Waals surface area (Å²) in [4.78, 5) is 4.18. The average Bonchev–Trinajstić information content (AvgIpc) is 2.53. The molecule has 68 valence electrons. The minimum atomic E-state index is -0.0567. The summed E-state index contributed by atoms with van der Waals surface area (Å²) in [7, 11) is 0. The number of aliphatic imine (C=N–C) groups is 1. The number of hydrogen-bond donors (Lipinski definition) is 3. The summed E-state index contributed by atoms with van der Waals surface area (Å²) in [6.07, 6.45) is 0. The first kappa shape index (κ1) is 8.52. The Morgan fingerprint density at radius 2 is 2.08 bits per heavy atom. The molecule has 0 saturated heterocycles. The smallest absolute Gasteiger partial charge is 0.213 e. The van der Waals surface area contributed by atoms with Gasteiger partial charge in [-0.25, -0.2) is 10.4 Å². The molecule has 0 aromatic heterocycles. The summed E-state index contributed by atoms with van der Waals surface area (Å²) in [5.74, 6) is 0.716. The highest BCUT2D eigenvalue weighted by atomic mass is 79.9. The van der Waals surface area contributed by atoms with Crippen molar-refractivity contribution >= 4 is 27.6 Å². The zero-order valence-corrected chi connectivity index (χ0v) is 8.38. The van der Waals surface area contributed by atoms with Gasteiger partial charge in [0.15, 0.2) is 5.08 Å². The Balaban J connectivity index is 2.03. The zero-order chi connectivity index (χ0) is 9.10. The Labute approximate surface area is 84.5 Å². The van der Waals surface area contributed by atoms with Crippen molar-refractivity contribution in [3.05, 3.63) is 30.3 Å². The lowest BCUT2D eigenvalue weighted by Crippen LogP contribution is -2.35. The van der Waals surface area contributed by atoms with Crippen molar-refractivity contribution in [2.24, 2.45) is 4.99 Å². The van der Waals surface area contributed by atoms with Crippen LogP contribution in [0.2, 0.25) is 0 Å². The number of para-hydroxylation sites is 1. The second kappa shape index (κ2) is 3.76. The van der Waals surface area contributed by atoms with E-state index < -0.39 is 0 Å². The quantitative estimate of drug-likeness (QED) is 0.512. The summed E-state index contributed by atoms with van der Waals surface area (Å²) >= 11 is 3.29. The van der Waals surface area contributed by atoms with Crippen molar-refractivity contribution < 1.29 is 0 Å². The average molecular weight is 241 g/mol. The van der Waals surface area contributed by atoms with Gasteiger partial charge < -0.3 is 5.32 Å². The molecule has 0 aliphatic carbocycles. The third-order valence-electron chi connectivity index (χ3n) is 1.59. The van der Waals surface area contributed by atoms with Crippen LogP contribution in [-0.4, -0.2) is 11.0 Å². The van der Waals surface area contributed by atoms with Gasteiger partial charge in [-0.15, -0.1) is 0 Å². The van der Waals surface area contributed by atoms with Crippen LogP contribution in [0.25, 0.3) is 0 Å². The number of hydrogen-bond acceptors (Lipinski definition) is 4. The first-order chi connectivity index (χ1) is 6.34. The van der Waals surface area contributed by atoms with Gasteiger partial charge in [-0.1, -0.05) is 18.2 Å². The minimum absolute atomic E-state index is 0.0567. The van der Waals surface area contributed by atoms with Crippen LogP contribution in [0.3, 0.4) is 0 Å². The molecule has 0 saturated carbocycles. The number of nitrogens with zero attached hydrogens (tertiary/aromatic N) is 1. The largest absolute Gasteiger partial charge is 0.325 e. The molecule has 1 aromatic rings. The summed E-state index contributed by atoms with van der Waals surface area (Å²) in [5.41, 5.74) is 6.80. The van der Waals surface area contributed by atoms with E-state index in [2.05, 4.69) is 37.1 Å². The van der Waals surface area contributed by atoms with E-state index in [1.165, 1.54) is 0 Å². The van der Waals surface area contributed by atoms with E-state index in [4.69, 9.17) is 0 Å². The normalized spacial score (nSPS) is 20.7. The summed E-state index contributed by atoms with van der Waals surface area (Å²) in [6, 6.07) is 9.87. The maximum atomic E-state index is 4.18. The predicted octanol–water partition coefficient (Wildman–Crippen LogP) is 1.24. The Morgan fingerprint density at radius 1 is 1.31 bits per heavy atom. The van der Waals surface area contributed by atoms with Gasteiger partial charge in [-0.3, -0.25) is 5.43 Å². The van der Waals surface area contributed by atoms with E-state index in [1.807, 2.05) is 30.3 Å². The lowest BCUT2D eigenvalue weighted by atomic mass is 10.3. The number of nitrogens with one attached hydrogen (secondary N) is 3. The number of benzene rings is 1. The molecule has 1 aromatic carbocycles. The SMILES string of the molecule is BrC1N=C(Nc2ccccc2)NN1. The molecular weight excluding hydrogens is 232 g/mol. The van der Waals surface area contributed by atoms with Crippen LogP contribution >= 0.6 is 15.9 Å². The van der Waals surface area contributed by atoms with E-state index in [9.17, 15) is 0 Å². The number of halogens is 1. The molecule has 5 heteroatoms. The van der Waals surface area contributed by atoms with Gasteiger partial charge in [-0.2, -0.15) is 0 Å². The molecule has 1 atom stereocenters. The molecule has 0 fully saturated rings. The first-order valence-corrected chi connectivity index (χ1v) is 4.82. The number of alkyl halides is 1. The maximum absolute atomic E-state index is 4.18. The molecule has 1 aliphatic rings. The molecule has 13 heavy (non-hydrogen) atoms. The molecule has 0 amide bonds. The Hall–Kier alpha value is -1.07. The highest BCUT2D eigenvalue weighted by Crippen LogP contribution is 2.07. The van der Waals surface area contributed by atoms with Crippen LogP contribution in [0.1, 0.15) is 0 Å². The van der Waals surface area contributed by atoms with Crippen LogP contribution in [0.5, 0.6) is 0 Å². The van der Waals surface area contributed by atoms with E-state index in [1.54, 1.807) is 0 Å². The van der Waals surface area contributed by atoms with Crippen LogP contribution in [0, 0.1) is 0 Å². The van der Waals surface area contributed by atoms with Gasteiger partial charge in [0.1, 0.15) is 0 Å². The van der Waals surface area contributed by atoms with Crippen LogP contribution in [-0.2, 0) is 0 Å². The van der Waals surface area contributed by atoms with E-state index >= 15 is 0 Å². The predicted molar refractivity (Wildman–Crippen MR) is 56.5 cm³/mol. The standard InChI is InChI=1S/C8H9BrN4/c9-7-11-8(13-12-7)10-6-4-2-1-3-5-6/h1-5,7,12H,(H2,10,11,13). The second-order valence-electron chi connectivity index (χ2n) is 2.57. The van der Waals surface area contributed by atoms with Gasteiger partial charge >= 0.3 is 0 Å². The number of anilines is 1. The lowest BCUT2D eigenvalue weighted by Gasteiger charge is -2.04. The Kier molecular flexibility index (Phi) is 2.47. The third-order valence-corrected chi connectivity index (χ3v) is 2.02. The van der Waals surface area contributed by atoms with E-state index in [0.717, 1.165) is 5.69 Å². The molecule has 0 spiro atoms. The molecule has 1 heterocycles. The molecule has 1 unspecified atom stereocenters. The zero-order valence-electron chi connectivity index (χ0n) is 6.79. The van der Waals surface area contributed by atoms with Crippen LogP contribution in [0.4, 0.5) is 5.69 Å². The van der Waals surface area contributed by atoms with E-state index in [0.29, 0.717) is 5.96 Å². The molecule has 2 rings (SSSR count). The number of rotatable bonds is 1. The fourth-order valence-corrected chi connectivity index (χ4v) is 1.35. The van der Waals surface area contributed by atoms with E-state index in [-0.39, 0.29) is 5.08 Å². The van der Waals surface area contributed by atoms with Crippen molar-refractivity contribution in [3.63, 3.8) is 0 Å². The van der Waals surface area contributed by atoms with Crippen molar-refractivity contribution in [2.45, 2.75) is 5.08 Å². The van der Waals surface area contributed by atoms with Crippen LogP contribution < -0.4 is 16.2 Å². The highest BCUT2D eigenvalue weighted by Gasteiger charge is 2.11. The van der Waals surface area contributed by atoms with Crippen molar-refractivity contribution in [3.8, 4) is 0 Å². The van der Waals surface area contributed by atoms with Crippen molar-refractivity contribution in [1.82, 2.24) is 10.9 Å². The fourth-order valence-electron chi connectivity index (χ4n) is 1.03. The highest BCUT2D eigenvalue weighted by molar-refractivity contribution is 9.09. The monoisotopic (exact) mass is 240 g/mol. The molecule has 4 nitrogen and oxygen atoms in total. The maximum Gasteiger partial charge on any atom is 0.213 e. The third kappa shape index (κ3) is 2.19. The first-order valence-electron chi connectivity index (χ1n) is 3.90. The van der Waals surface area contributed by atoms with Gasteiger partial charge in [0.2, 0.25) is 5.96 Å². The Bertz CT molecular complexity index is 311. The topological polar surface area (TPSA) is 48.5 Å². The summed E-state index contributed by atoms with van der Waals surface area (Å²) < 4.78 is 0. The van der Waals surface area contributed by atoms with Crippen LogP contribution in [0.15, 0.2) is 35.3 Å². The molecular formula is C8H9BrN4. The van der Waals surface area contributed by atoms with Crippen molar-refractivity contribution in [1.29, 1.82) is 0 Å². The molecule has 0 radical (unpaired) electrons. The van der Waals surface area contributed by atoms with Gasteiger partial charge in [0, 0.05) is 5.69 Å². The molecule has 3 N–H and O–H groups in total. The minimum Gasteiger partial charge on any atom is -0.325 e. The summed E-state index contributed by atoms with van der Waals surface area (Å²) in [5, 5.41) is 3.06. The van der Waals surface area contributed by atoms with Gasteiger partial charge in [0.05, 0.1) is 0 Å². The number of hydrazine groups is 1. The fraction of sp³-hybridized carbons (Fsp3) is 0.125. The lowest BCUT2D eigenvalue weighted by molar-refractivity contribution is 0.697. The molecule has 0 bridgehead atoms. The van der Waals surface area contributed by atoms with Gasteiger partial charge in [0.25, 0.3) is 0 Å². The second-order valence-corrected chi connectivity index (χ2v) is 3.44.